The van der Waals surface area contributed by atoms with Gasteiger partial charge in [0, 0.05) is 27.4 Å². The second-order valence-electron chi connectivity index (χ2n) is 4.72. The first-order valence-electron chi connectivity index (χ1n) is 7.36. The Kier molecular flexibility index (Phi) is 29.1. The van der Waals surface area contributed by atoms with Crippen molar-refractivity contribution in [3.8, 4) is 0 Å². The summed E-state index contributed by atoms with van der Waals surface area (Å²) in [7, 11) is -10.3. The molecule has 0 aromatic rings. The van der Waals surface area contributed by atoms with Gasteiger partial charge in [0.2, 0.25) is 0 Å². The van der Waals surface area contributed by atoms with E-state index in [0.717, 1.165) is 6.42 Å². The van der Waals surface area contributed by atoms with E-state index >= 15 is 0 Å². The zero-order valence-electron chi connectivity index (χ0n) is 13.8. The third-order valence-corrected chi connectivity index (χ3v) is 2.51. The van der Waals surface area contributed by atoms with Crippen LogP contribution in [-0.2, 0) is 47.0 Å². The molecule has 1 N–H and O–H groups in total. The molecule has 0 heterocycles. The van der Waals surface area contributed by atoms with Crippen molar-refractivity contribution in [3.05, 3.63) is 0 Å². The minimum Gasteiger partial charge on any atom is -0.759 e. The van der Waals surface area contributed by atoms with Crippen LogP contribution in [0.5, 0.6) is 0 Å². The van der Waals surface area contributed by atoms with Crippen molar-refractivity contribution in [2.24, 2.45) is 0 Å². The molecule has 0 bridgehead atoms. The Hall–Kier alpha value is 0.583. The molecule has 0 fully saturated rings. The fraction of sp³-hybridized carbons (Fsp3) is 1.00. The topological polar surface area (TPSA) is 181 Å². The Bertz CT molecular complexity index is 368. The van der Waals surface area contributed by atoms with E-state index in [0.29, 0.717) is 6.61 Å². The van der Waals surface area contributed by atoms with Crippen LogP contribution in [-0.4, -0.2) is 46.8 Å². The van der Waals surface area contributed by atoms with Crippen molar-refractivity contribution in [1.82, 2.24) is 0 Å². The van der Waals surface area contributed by atoms with Gasteiger partial charge in [0.05, 0.1) is 0 Å². The number of unbranched alkanes of at least 4 members (excludes halogenated alkanes) is 9. The van der Waals surface area contributed by atoms with Crippen LogP contribution in [0, 0.1) is 0 Å². The van der Waals surface area contributed by atoms with Crippen molar-refractivity contribution in [1.29, 1.82) is 0 Å². The molecular weight excluding hydrogens is 443 g/mol. The molecule has 24 heavy (non-hydrogen) atoms. The fourth-order valence-electron chi connectivity index (χ4n) is 1.60. The molecule has 9 nitrogen and oxygen atoms in total. The van der Waals surface area contributed by atoms with E-state index in [9.17, 15) is 0 Å². The van der Waals surface area contributed by atoms with Gasteiger partial charge in [0.1, 0.15) is 0 Å². The molecule has 0 saturated carbocycles. The van der Waals surface area contributed by atoms with Gasteiger partial charge < -0.3 is 23.3 Å². The van der Waals surface area contributed by atoms with Gasteiger partial charge in [-0.1, -0.05) is 64.7 Å². The summed E-state index contributed by atoms with van der Waals surface area (Å²) in [6.07, 6.45) is 13.3. The number of hydrogen-bond acceptors (Lipinski definition) is 9. The van der Waals surface area contributed by atoms with Crippen molar-refractivity contribution in [2.75, 3.05) is 6.61 Å². The van der Waals surface area contributed by atoms with Crippen LogP contribution < -0.4 is 0 Å². The van der Waals surface area contributed by atoms with E-state index < -0.39 is 20.8 Å². The van der Waals surface area contributed by atoms with Crippen LogP contribution in [0.25, 0.3) is 0 Å². The summed E-state index contributed by atoms with van der Waals surface area (Å²) < 4.78 is 68.2. The summed E-state index contributed by atoms with van der Waals surface area (Å²) in [4.78, 5) is 0. The Morgan fingerprint density at radius 3 is 1.04 bits per heavy atom. The number of hydrogen-bond donors (Lipinski definition) is 1. The van der Waals surface area contributed by atoms with Crippen LogP contribution in [0.4, 0.5) is 0 Å². The molecule has 0 rings (SSSR count). The Labute approximate surface area is 164 Å². The van der Waals surface area contributed by atoms with Crippen LogP contribution >= 0.6 is 0 Å². The molecule has 0 aromatic carbocycles. The van der Waals surface area contributed by atoms with Crippen LogP contribution in [0.1, 0.15) is 71.1 Å². The number of aliphatic hydroxyl groups is 1. The predicted octanol–water partition coefficient (Wildman–Crippen LogP) is 1.22. The minimum atomic E-state index is -5.17. The first-order chi connectivity index (χ1) is 10.4. The molecule has 144 valence electrons. The second kappa shape index (κ2) is 21.6. The van der Waals surface area contributed by atoms with Gasteiger partial charge in [0.25, 0.3) is 0 Å². The molecule has 0 aromatic heterocycles. The summed E-state index contributed by atoms with van der Waals surface area (Å²) in [5.74, 6) is 0. The molecule has 0 spiro atoms. The number of rotatable bonds is 10. The quantitative estimate of drug-likeness (QED) is 0.279. The van der Waals surface area contributed by atoms with E-state index in [1.165, 1.54) is 57.8 Å². The second-order valence-corrected chi connectivity index (χ2v) is 6.36. The molecule has 0 atom stereocenters. The van der Waals surface area contributed by atoms with Gasteiger partial charge in [-0.05, 0) is 6.42 Å². The third-order valence-electron chi connectivity index (χ3n) is 2.51. The molecule has 0 aliphatic rings. The maximum absolute atomic E-state index is 8.57. The normalized spacial score (nSPS) is 10.6. The summed E-state index contributed by atoms with van der Waals surface area (Å²) in [5.41, 5.74) is 0. The summed E-state index contributed by atoms with van der Waals surface area (Å²) in [5, 5.41) is 8.57. The minimum absolute atomic E-state index is 0. The maximum Gasteiger partial charge on any atom is 4.00 e. The predicted molar refractivity (Wildman–Crippen MR) is 79.9 cm³/mol. The molecule has 0 aliphatic heterocycles. The average Bonchev–Trinajstić information content (AvgIpc) is 2.33. The molecule has 0 saturated heterocycles. The fourth-order valence-corrected chi connectivity index (χ4v) is 1.60. The van der Waals surface area contributed by atoms with Crippen LogP contribution in [0.2, 0.25) is 0 Å². The first-order valence-corrected chi connectivity index (χ1v) is 10.0. The van der Waals surface area contributed by atoms with Crippen molar-refractivity contribution < 1.29 is 66.4 Å². The van der Waals surface area contributed by atoms with Gasteiger partial charge in [-0.3, -0.25) is 16.8 Å². The van der Waals surface area contributed by atoms with Gasteiger partial charge >= 0.3 is 26.2 Å². The maximum atomic E-state index is 8.57. The van der Waals surface area contributed by atoms with Gasteiger partial charge in [-0.15, -0.1) is 0 Å². The van der Waals surface area contributed by atoms with Gasteiger partial charge in [-0.2, -0.15) is 0 Å². The zero-order valence-corrected chi connectivity index (χ0v) is 17.9. The molecule has 0 amide bonds. The monoisotopic (exact) mass is 468 g/mol. The summed E-state index contributed by atoms with van der Waals surface area (Å²) >= 11 is 0. The standard InChI is InChI=1S/C12H26O.2H2O4S.Zr/c1-2-3-4-5-6-7-8-9-10-11-12-13;2*1-5(2,3)4;/h13H,2-12H2,1H3;2*(H2,1,2,3,4);/q;;;+4/p-4. The molecule has 0 unspecified atom stereocenters. The van der Waals surface area contributed by atoms with Gasteiger partial charge in [0.15, 0.2) is 0 Å². The zero-order chi connectivity index (χ0) is 18.8. The summed E-state index contributed by atoms with van der Waals surface area (Å²) in [6.45, 7) is 2.63. The Morgan fingerprint density at radius 2 is 0.833 bits per heavy atom. The summed E-state index contributed by atoms with van der Waals surface area (Å²) in [6, 6.07) is 0. The van der Waals surface area contributed by atoms with E-state index in [-0.39, 0.29) is 26.2 Å². The average molecular weight is 470 g/mol. The molecule has 12 heteroatoms. The molecule has 0 radical (unpaired) electrons. The van der Waals surface area contributed by atoms with E-state index in [1.54, 1.807) is 0 Å². The van der Waals surface area contributed by atoms with Crippen LogP contribution in [0.3, 0.4) is 0 Å². The smallest absolute Gasteiger partial charge is 0.759 e. The van der Waals surface area contributed by atoms with E-state index in [1.807, 2.05) is 0 Å². The Balaban J connectivity index is -0.000000151. The van der Waals surface area contributed by atoms with E-state index in [2.05, 4.69) is 6.92 Å². The first kappa shape index (κ1) is 32.3. The van der Waals surface area contributed by atoms with Crippen molar-refractivity contribution in [2.45, 2.75) is 71.1 Å². The van der Waals surface area contributed by atoms with Crippen molar-refractivity contribution in [3.63, 3.8) is 0 Å². The van der Waals surface area contributed by atoms with Crippen LogP contribution in [0.15, 0.2) is 0 Å². The number of aliphatic hydroxyl groups excluding tert-OH is 1. The molecular formula is C12H26O9S2Zr. The SMILES string of the molecule is CCCCCCCCCCCCO.O=S(=O)([O-])[O-].O=S(=O)([O-])[O-].[Zr+4]. The molecule has 0 aliphatic carbocycles. The largest absolute Gasteiger partial charge is 4.00 e. The third kappa shape index (κ3) is 93.9. The van der Waals surface area contributed by atoms with Gasteiger partial charge in [-0.25, -0.2) is 0 Å². The van der Waals surface area contributed by atoms with E-state index in [4.69, 9.17) is 40.2 Å². The van der Waals surface area contributed by atoms with Crippen molar-refractivity contribution >= 4 is 20.8 Å². The Morgan fingerprint density at radius 1 is 0.625 bits per heavy atom.